The normalized spacial score (nSPS) is 18.6. The van der Waals surface area contributed by atoms with Crippen LogP contribution in [0.3, 0.4) is 0 Å². The molecule has 1 fully saturated rings. The summed E-state index contributed by atoms with van der Waals surface area (Å²) in [5.41, 5.74) is 0.272. The highest BCUT2D eigenvalue weighted by molar-refractivity contribution is 7.89. The Morgan fingerprint density at radius 2 is 1.96 bits per heavy atom. The van der Waals surface area contributed by atoms with E-state index in [0.29, 0.717) is 19.0 Å². The molecule has 1 aliphatic rings. The molecule has 1 amide bonds. The zero-order valence-corrected chi connectivity index (χ0v) is 15.3. The number of esters is 1. The van der Waals surface area contributed by atoms with Gasteiger partial charge in [-0.25, -0.2) is 13.2 Å². The van der Waals surface area contributed by atoms with Crippen LogP contribution in [0, 0.1) is 5.92 Å². The molecule has 0 aliphatic carbocycles. The third-order valence-electron chi connectivity index (χ3n) is 4.06. The van der Waals surface area contributed by atoms with Gasteiger partial charge < -0.3 is 10.1 Å². The van der Waals surface area contributed by atoms with Gasteiger partial charge in [0.25, 0.3) is 0 Å². The van der Waals surface area contributed by atoms with Crippen molar-refractivity contribution in [2.45, 2.75) is 31.6 Å². The fourth-order valence-corrected chi connectivity index (χ4v) is 4.33. The second-order valence-corrected chi connectivity index (χ2v) is 8.19. The lowest BCUT2D eigenvalue weighted by Crippen LogP contribution is -2.39. The Morgan fingerprint density at radius 1 is 1.28 bits per heavy atom. The van der Waals surface area contributed by atoms with Crippen molar-refractivity contribution >= 4 is 21.9 Å². The maximum Gasteiger partial charge on any atom is 0.338 e. The quantitative estimate of drug-likeness (QED) is 0.605. The highest BCUT2D eigenvalue weighted by Gasteiger charge is 2.28. The van der Waals surface area contributed by atoms with Gasteiger partial charge in [0.1, 0.15) is 6.61 Å². The van der Waals surface area contributed by atoms with E-state index >= 15 is 0 Å². The zero-order valence-electron chi connectivity index (χ0n) is 14.5. The molecule has 7 nitrogen and oxygen atoms in total. The molecule has 0 spiro atoms. The SMILES string of the molecule is CC(=O)NCCOC(=O)c1ccc(S(=O)(=O)N2CCCC(C)C2)cc1. The van der Waals surface area contributed by atoms with E-state index in [1.165, 1.54) is 35.5 Å². The van der Waals surface area contributed by atoms with Crippen LogP contribution in [0.25, 0.3) is 0 Å². The predicted octanol–water partition coefficient (Wildman–Crippen LogP) is 1.40. The summed E-state index contributed by atoms with van der Waals surface area (Å²) >= 11 is 0. The van der Waals surface area contributed by atoms with Crippen molar-refractivity contribution < 1.29 is 22.7 Å². The number of carbonyl (C=O) groups is 2. The largest absolute Gasteiger partial charge is 0.460 e. The van der Waals surface area contributed by atoms with Crippen LogP contribution in [0.4, 0.5) is 0 Å². The summed E-state index contributed by atoms with van der Waals surface area (Å²) in [6.07, 6.45) is 1.90. The topological polar surface area (TPSA) is 92.8 Å². The van der Waals surface area contributed by atoms with Gasteiger partial charge in [-0.05, 0) is 43.0 Å². The lowest BCUT2D eigenvalue weighted by molar-refractivity contribution is -0.119. The summed E-state index contributed by atoms with van der Waals surface area (Å²) in [7, 11) is -3.53. The molecule has 25 heavy (non-hydrogen) atoms. The minimum Gasteiger partial charge on any atom is -0.460 e. The summed E-state index contributed by atoms with van der Waals surface area (Å²) in [6, 6.07) is 5.75. The van der Waals surface area contributed by atoms with E-state index in [2.05, 4.69) is 5.32 Å². The van der Waals surface area contributed by atoms with Gasteiger partial charge in [-0.1, -0.05) is 6.92 Å². The molecule has 1 aromatic rings. The summed E-state index contributed by atoms with van der Waals surface area (Å²) in [5.74, 6) is -0.403. The molecular weight excluding hydrogens is 344 g/mol. The number of amides is 1. The van der Waals surface area contributed by atoms with Gasteiger partial charge in [-0.2, -0.15) is 4.31 Å². The van der Waals surface area contributed by atoms with Crippen LogP contribution in [-0.4, -0.2) is 50.8 Å². The Labute approximate surface area is 148 Å². The van der Waals surface area contributed by atoms with Crippen molar-refractivity contribution in [2.24, 2.45) is 5.92 Å². The Morgan fingerprint density at radius 3 is 2.56 bits per heavy atom. The minimum absolute atomic E-state index is 0.0597. The van der Waals surface area contributed by atoms with E-state index in [1.54, 1.807) is 0 Å². The Hall–Kier alpha value is -1.93. The van der Waals surface area contributed by atoms with Crippen molar-refractivity contribution in [3.8, 4) is 0 Å². The molecule has 1 aromatic carbocycles. The number of hydrogen-bond donors (Lipinski definition) is 1. The molecule has 0 saturated carbocycles. The van der Waals surface area contributed by atoms with Gasteiger partial charge in [0.2, 0.25) is 15.9 Å². The first kappa shape index (κ1) is 19.4. The molecule has 1 unspecified atom stereocenters. The molecule has 8 heteroatoms. The highest BCUT2D eigenvalue weighted by atomic mass is 32.2. The summed E-state index contributed by atoms with van der Waals surface area (Å²) in [6.45, 7) is 4.77. The van der Waals surface area contributed by atoms with Crippen LogP contribution in [-0.2, 0) is 19.6 Å². The average molecular weight is 368 g/mol. The van der Waals surface area contributed by atoms with Crippen LogP contribution < -0.4 is 5.32 Å². The number of benzene rings is 1. The molecule has 138 valence electrons. The first-order valence-electron chi connectivity index (χ1n) is 8.32. The third-order valence-corrected chi connectivity index (χ3v) is 5.94. The van der Waals surface area contributed by atoms with E-state index in [4.69, 9.17) is 4.74 Å². The molecule has 1 atom stereocenters. The lowest BCUT2D eigenvalue weighted by Gasteiger charge is -2.30. The Kier molecular flexibility index (Phi) is 6.55. The molecule has 1 heterocycles. The number of nitrogens with one attached hydrogen (secondary N) is 1. The molecule has 1 saturated heterocycles. The second kappa shape index (κ2) is 8.44. The number of piperidine rings is 1. The zero-order chi connectivity index (χ0) is 18.4. The second-order valence-electron chi connectivity index (χ2n) is 6.25. The van der Waals surface area contributed by atoms with Gasteiger partial charge in [-0.15, -0.1) is 0 Å². The van der Waals surface area contributed by atoms with Crippen molar-refractivity contribution in [3.63, 3.8) is 0 Å². The van der Waals surface area contributed by atoms with Crippen LogP contribution in [0.1, 0.15) is 37.0 Å². The fraction of sp³-hybridized carbons (Fsp3) is 0.529. The molecule has 2 rings (SSSR count). The number of hydrogen-bond acceptors (Lipinski definition) is 5. The maximum absolute atomic E-state index is 12.7. The number of nitrogens with zero attached hydrogens (tertiary/aromatic N) is 1. The van der Waals surface area contributed by atoms with Gasteiger partial charge >= 0.3 is 5.97 Å². The van der Waals surface area contributed by atoms with Crippen LogP contribution in [0.15, 0.2) is 29.2 Å². The molecule has 1 aliphatic heterocycles. The maximum atomic E-state index is 12.7. The van der Waals surface area contributed by atoms with E-state index in [-0.39, 0.29) is 29.5 Å². The van der Waals surface area contributed by atoms with Crippen LogP contribution in [0.5, 0.6) is 0 Å². The smallest absolute Gasteiger partial charge is 0.338 e. The van der Waals surface area contributed by atoms with Gasteiger partial charge in [0.15, 0.2) is 0 Å². The van der Waals surface area contributed by atoms with E-state index in [1.807, 2.05) is 6.92 Å². The summed E-state index contributed by atoms with van der Waals surface area (Å²) in [5, 5.41) is 2.52. The van der Waals surface area contributed by atoms with Gasteiger partial charge in [0, 0.05) is 20.0 Å². The highest BCUT2D eigenvalue weighted by Crippen LogP contribution is 2.23. The van der Waals surface area contributed by atoms with E-state index in [0.717, 1.165) is 12.8 Å². The molecule has 0 bridgehead atoms. The van der Waals surface area contributed by atoms with Crippen molar-refractivity contribution in [1.29, 1.82) is 0 Å². The summed E-state index contributed by atoms with van der Waals surface area (Å²) < 4.78 is 31.8. The van der Waals surface area contributed by atoms with E-state index < -0.39 is 16.0 Å². The third kappa shape index (κ3) is 5.27. The number of sulfonamides is 1. The van der Waals surface area contributed by atoms with E-state index in [9.17, 15) is 18.0 Å². The van der Waals surface area contributed by atoms with Crippen molar-refractivity contribution in [1.82, 2.24) is 9.62 Å². The number of ether oxygens (including phenoxy) is 1. The number of carbonyl (C=O) groups excluding carboxylic acids is 2. The molecule has 1 N–H and O–H groups in total. The summed E-state index contributed by atoms with van der Waals surface area (Å²) in [4.78, 5) is 22.8. The minimum atomic E-state index is -3.53. The molecular formula is C17H24N2O5S. The molecule has 0 radical (unpaired) electrons. The van der Waals surface area contributed by atoms with Gasteiger partial charge in [0.05, 0.1) is 17.0 Å². The van der Waals surface area contributed by atoms with Crippen molar-refractivity contribution in [3.05, 3.63) is 29.8 Å². The predicted molar refractivity (Wildman–Crippen MR) is 92.6 cm³/mol. The standard InChI is InChI=1S/C17H24N2O5S/c1-13-4-3-10-19(12-13)25(22,23)16-7-5-15(6-8-16)17(21)24-11-9-18-14(2)20/h5-8,13H,3-4,9-12H2,1-2H3,(H,18,20). The molecule has 0 aromatic heterocycles. The Balaban J connectivity index is 1.98. The average Bonchev–Trinajstić information content (AvgIpc) is 2.58. The van der Waals surface area contributed by atoms with Crippen LogP contribution in [0.2, 0.25) is 0 Å². The monoisotopic (exact) mass is 368 g/mol. The van der Waals surface area contributed by atoms with Crippen LogP contribution >= 0.6 is 0 Å². The van der Waals surface area contributed by atoms with Gasteiger partial charge in [-0.3, -0.25) is 4.79 Å². The first-order chi connectivity index (χ1) is 11.8. The first-order valence-corrected chi connectivity index (χ1v) is 9.76. The Bertz CT molecular complexity index is 715. The fourth-order valence-electron chi connectivity index (χ4n) is 2.73. The number of rotatable bonds is 6. The lowest BCUT2D eigenvalue weighted by atomic mass is 10.0. The van der Waals surface area contributed by atoms with Crippen molar-refractivity contribution in [2.75, 3.05) is 26.2 Å².